The first-order valence-corrected chi connectivity index (χ1v) is 10.1. The van der Waals surface area contributed by atoms with Gasteiger partial charge in [0.25, 0.3) is 0 Å². The van der Waals surface area contributed by atoms with E-state index >= 15 is 0 Å². The number of aliphatic hydroxyl groups is 2. The van der Waals surface area contributed by atoms with Crippen LogP contribution in [0.25, 0.3) is 0 Å². The zero-order valence-corrected chi connectivity index (χ0v) is 13.2. The van der Waals surface area contributed by atoms with Crippen molar-refractivity contribution >= 4 is 0 Å². The summed E-state index contributed by atoms with van der Waals surface area (Å²) >= 11 is 0. The van der Waals surface area contributed by atoms with Crippen LogP contribution in [0.1, 0.15) is 32.1 Å². The largest absolute Gasteiger partial charge is 0.396 e. The van der Waals surface area contributed by atoms with Crippen LogP contribution in [0, 0.1) is 76.9 Å². The topological polar surface area (TPSA) is 40.5 Å². The van der Waals surface area contributed by atoms with Crippen molar-refractivity contribution in [1.82, 2.24) is 0 Å². The van der Waals surface area contributed by atoms with Crippen LogP contribution in [0.5, 0.6) is 0 Å². The molecule has 0 spiro atoms. The lowest BCUT2D eigenvalue weighted by molar-refractivity contribution is 0.0456. The van der Waals surface area contributed by atoms with Gasteiger partial charge in [0.15, 0.2) is 0 Å². The van der Waals surface area contributed by atoms with Crippen LogP contribution < -0.4 is 0 Å². The minimum Gasteiger partial charge on any atom is -0.396 e. The Morgan fingerprint density at radius 1 is 0.591 bits per heavy atom. The van der Waals surface area contributed by atoms with Gasteiger partial charge >= 0.3 is 0 Å². The normalized spacial score (nSPS) is 75.0. The third-order valence-electron chi connectivity index (χ3n) is 10.5. The van der Waals surface area contributed by atoms with Gasteiger partial charge in [0.1, 0.15) is 0 Å². The molecule has 7 aliphatic rings. The molecule has 0 aromatic heterocycles. The van der Waals surface area contributed by atoms with E-state index in [1.165, 1.54) is 32.1 Å². The monoisotopic (exact) mass is 300 g/mol. The van der Waals surface area contributed by atoms with Gasteiger partial charge in [-0.25, -0.2) is 0 Å². The van der Waals surface area contributed by atoms with E-state index in [9.17, 15) is 10.2 Å². The molecule has 14 atom stereocenters. The van der Waals surface area contributed by atoms with Crippen LogP contribution in [-0.2, 0) is 0 Å². The molecule has 0 aliphatic heterocycles. The van der Waals surface area contributed by atoms with Gasteiger partial charge in [0.05, 0.1) is 6.10 Å². The molecule has 2 N–H and O–H groups in total. The predicted molar refractivity (Wildman–Crippen MR) is 81.5 cm³/mol. The Morgan fingerprint density at radius 3 is 2.05 bits per heavy atom. The minimum absolute atomic E-state index is 0.0455. The maximum absolute atomic E-state index is 11.1. The van der Waals surface area contributed by atoms with Crippen LogP contribution in [0.4, 0.5) is 0 Å². The fourth-order valence-electron chi connectivity index (χ4n) is 10.9. The fraction of sp³-hybridized carbons (Fsp3) is 1.00. The van der Waals surface area contributed by atoms with Crippen molar-refractivity contribution in [3.8, 4) is 0 Å². The molecular weight excluding hydrogens is 272 g/mol. The van der Waals surface area contributed by atoms with Crippen molar-refractivity contribution in [3.63, 3.8) is 0 Å². The van der Waals surface area contributed by atoms with Gasteiger partial charge in [-0.05, 0) is 103 Å². The summed E-state index contributed by atoms with van der Waals surface area (Å²) in [7, 11) is 0. The van der Waals surface area contributed by atoms with Gasteiger partial charge in [-0.1, -0.05) is 6.42 Å². The lowest BCUT2D eigenvalue weighted by Gasteiger charge is -2.31. The second kappa shape index (κ2) is 3.61. The molecule has 0 heterocycles. The second-order valence-corrected chi connectivity index (χ2v) is 10.1. The zero-order chi connectivity index (χ0) is 14.3. The minimum atomic E-state index is 0.0455. The standard InChI is InChI=1S/C20H28O2/c21-6-11-12-7-2-1-3-8(7)15-16(12)17-14(11)9-4-5-10-13(9)18(17)19(15)20(10)22/h7-22H,1-6H2/t7-,8+,9+,10+,11+,12+,13-,14-,15-,16-,17+,18+,19-,20+/m0/s1. The Morgan fingerprint density at radius 2 is 1.23 bits per heavy atom. The third-order valence-corrected chi connectivity index (χ3v) is 10.5. The smallest absolute Gasteiger partial charge is 0.0605 e. The van der Waals surface area contributed by atoms with Crippen molar-refractivity contribution in [3.05, 3.63) is 0 Å². The quantitative estimate of drug-likeness (QED) is 0.780. The Balaban J connectivity index is 1.46. The number of hydrogen-bond acceptors (Lipinski definition) is 2. The molecule has 2 nitrogen and oxygen atoms in total. The average Bonchev–Trinajstić information content (AvgIpc) is 3.26. The number of hydrogen-bond donors (Lipinski definition) is 2. The second-order valence-electron chi connectivity index (χ2n) is 10.1. The number of aliphatic hydroxyl groups excluding tert-OH is 2. The van der Waals surface area contributed by atoms with E-state index in [2.05, 4.69) is 0 Å². The first-order valence-electron chi connectivity index (χ1n) is 10.1. The molecule has 7 aliphatic carbocycles. The predicted octanol–water partition coefficient (Wildman–Crippen LogP) is 2.40. The highest BCUT2D eigenvalue weighted by molar-refractivity contribution is 5.27. The molecule has 0 unspecified atom stereocenters. The van der Waals surface area contributed by atoms with Crippen LogP contribution >= 0.6 is 0 Å². The molecule has 120 valence electrons. The molecule has 0 bridgehead atoms. The summed E-state index contributed by atoms with van der Waals surface area (Å²) in [5, 5.41) is 21.4. The van der Waals surface area contributed by atoms with Gasteiger partial charge in [-0.15, -0.1) is 0 Å². The Hall–Kier alpha value is -0.0800. The van der Waals surface area contributed by atoms with Gasteiger partial charge in [-0.3, -0.25) is 0 Å². The van der Waals surface area contributed by atoms with E-state index in [0.717, 1.165) is 59.2 Å². The van der Waals surface area contributed by atoms with Crippen molar-refractivity contribution in [2.75, 3.05) is 6.61 Å². The van der Waals surface area contributed by atoms with E-state index in [1.807, 2.05) is 0 Å². The molecule has 0 aromatic carbocycles. The zero-order valence-electron chi connectivity index (χ0n) is 13.2. The van der Waals surface area contributed by atoms with E-state index < -0.39 is 0 Å². The molecule has 0 amide bonds. The SMILES string of the molecule is OC[C@H]1[C@@H]2[C@@H]3CC[C@H]4[C@@H](O)[C@H]5[C@H]6[C@@H]7CCC[C@@H]7[C@H]1[C@@H]6[C@@H]2[C@H]5[C@H]43. The highest BCUT2D eigenvalue weighted by Gasteiger charge is 2.80. The lowest BCUT2D eigenvalue weighted by Crippen LogP contribution is -2.30. The van der Waals surface area contributed by atoms with Crippen molar-refractivity contribution in [1.29, 1.82) is 0 Å². The number of fused-ring (bicyclic) bond motifs is 5. The summed E-state index contributed by atoms with van der Waals surface area (Å²) in [5.41, 5.74) is 0. The van der Waals surface area contributed by atoms with Crippen LogP contribution in [-0.4, -0.2) is 22.9 Å². The Kier molecular flexibility index (Phi) is 2.02. The summed E-state index contributed by atoms with van der Waals surface area (Å²) in [6, 6.07) is 0. The number of rotatable bonds is 1. The van der Waals surface area contributed by atoms with Crippen LogP contribution in [0.15, 0.2) is 0 Å². The van der Waals surface area contributed by atoms with Gasteiger partial charge < -0.3 is 10.2 Å². The molecule has 22 heavy (non-hydrogen) atoms. The maximum Gasteiger partial charge on any atom is 0.0605 e. The summed E-state index contributed by atoms with van der Waals surface area (Å²) in [4.78, 5) is 0. The van der Waals surface area contributed by atoms with Gasteiger partial charge in [-0.2, -0.15) is 0 Å². The molecule has 0 saturated heterocycles. The van der Waals surface area contributed by atoms with Crippen LogP contribution in [0.2, 0.25) is 0 Å². The Bertz CT molecular complexity index is 537. The highest BCUT2D eigenvalue weighted by atomic mass is 16.3. The van der Waals surface area contributed by atoms with E-state index in [1.54, 1.807) is 0 Å². The van der Waals surface area contributed by atoms with Crippen LogP contribution in [0.3, 0.4) is 0 Å². The van der Waals surface area contributed by atoms with Gasteiger partial charge in [0.2, 0.25) is 0 Å². The Labute approximate surface area is 132 Å². The molecule has 7 rings (SSSR count). The summed E-state index contributed by atoms with van der Waals surface area (Å²) in [6.45, 7) is 0.464. The maximum atomic E-state index is 11.1. The van der Waals surface area contributed by atoms with Crippen molar-refractivity contribution in [2.24, 2.45) is 76.9 Å². The average molecular weight is 300 g/mol. The van der Waals surface area contributed by atoms with Gasteiger partial charge in [0, 0.05) is 6.61 Å². The first-order chi connectivity index (χ1) is 10.8. The molecule has 0 aromatic rings. The van der Waals surface area contributed by atoms with E-state index in [4.69, 9.17) is 0 Å². The first kappa shape index (κ1) is 12.3. The molecule has 7 saturated carbocycles. The fourth-order valence-corrected chi connectivity index (χ4v) is 10.9. The van der Waals surface area contributed by atoms with Crippen molar-refractivity contribution in [2.45, 2.75) is 38.2 Å². The third kappa shape index (κ3) is 0.989. The van der Waals surface area contributed by atoms with E-state index in [0.29, 0.717) is 24.4 Å². The summed E-state index contributed by atoms with van der Waals surface area (Å²) in [6.07, 6.45) is 7.00. The van der Waals surface area contributed by atoms with E-state index in [-0.39, 0.29) is 6.10 Å². The summed E-state index contributed by atoms with van der Waals surface area (Å²) in [5.74, 6) is 10.8. The summed E-state index contributed by atoms with van der Waals surface area (Å²) < 4.78 is 0. The highest BCUT2D eigenvalue weighted by Crippen LogP contribution is 2.82. The molecular formula is C20H28O2. The molecule has 0 radical (unpaired) electrons. The molecule has 7 fully saturated rings. The lowest BCUT2D eigenvalue weighted by atomic mass is 9.75. The molecule has 2 heteroatoms. The van der Waals surface area contributed by atoms with Crippen molar-refractivity contribution < 1.29 is 10.2 Å².